The minimum Gasteiger partial charge on any atom is -0.394 e. The highest BCUT2D eigenvalue weighted by Gasteiger charge is 2.37. The Labute approximate surface area is 698 Å². The number of nitriles is 3. The summed E-state index contributed by atoms with van der Waals surface area (Å²) in [6, 6.07) is 65.3. The van der Waals surface area contributed by atoms with Crippen molar-refractivity contribution in [2.24, 2.45) is 11.5 Å². The molecule has 7 heterocycles. The summed E-state index contributed by atoms with van der Waals surface area (Å²) in [6.45, 7) is 22.7. The van der Waals surface area contributed by atoms with Gasteiger partial charge in [-0.3, -0.25) is 24.0 Å². The smallest absolute Gasteiger partial charge is 0.254 e. The molecular formula is C95H108N18O6. The summed E-state index contributed by atoms with van der Waals surface area (Å²) in [5.74, 6) is -0.106. The molecule has 0 spiro atoms. The number of nitrogens with zero attached hydrogens (tertiary/aromatic N) is 13. The van der Waals surface area contributed by atoms with Gasteiger partial charge in [0.25, 0.3) is 23.6 Å². The number of aryl methyl sites for hydroxylation is 6. The molecule has 119 heavy (non-hydrogen) atoms. The SMILES string of the molecule is Cc1cc(C)c(C(=O)N2CCN(c3ccccc3)[C@H](C(N)=O)C2)cc1NC1CCN(c2ccccc2C#N)CC1.Cc1cc(C)c(C(=O)N2CCN(c3ccccc3C(N)=O)CC2)cc1NC1CCN(c2ccccc2C#N)CC1.Cc1cc(C)c(C(=O)N2CCN(c3ccccn3)[C@@H](CO)C2)cc1NC1CCN(c2ccccc2C#N)CC1. The maximum absolute atomic E-state index is 13.7. The van der Waals surface area contributed by atoms with E-state index in [1.54, 1.807) is 17.2 Å². The maximum Gasteiger partial charge on any atom is 0.254 e. The lowest BCUT2D eigenvalue weighted by Crippen LogP contribution is -2.59. The Hall–Kier alpha value is -13.1. The summed E-state index contributed by atoms with van der Waals surface area (Å²) in [5, 5.41) is 49.6. The molecule has 0 bridgehead atoms. The molecule has 614 valence electrons. The van der Waals surface area contributed by atoms with Crippen LogP contribution in [0.15, 0.2) is 188 Å². The van der Waals surface area contributed by atoms with Gasteiger partial charge in [0.2, 0.25) is 5.91 Å². The average molecular weight is 1600 g/mol. The number of aromatic nitrogens is 1. The van der Waals surface area contributed by atoms with Gasteiger partial charge in [-0.2, -0.15) is 15.8 Å². The Morgan fingerprint density at radius 3 is 1.15 bits per heavy atom. The number of carbonyl (C=O) groups excluding carboxylic acids is 5. The summed E-state index contributed by atoms with van der Waals surface area (Å²) in [7, 11) is 0. The number of aliphatic hydroxyl groups is 1. The molecule has 9 aromatic rings. The monoisotopic (exact) mass is 1600 g/mol. The van der Waals surface area contributed by atoms with Crippen molar-refractivity contribution < 1.29 is 29.1 Å². The van der Waals surface area contributed by atoms with E-state index in [1.807, 2.05) is 193 Å². The molecule has 0 unspecified atom stereocenters. The number of piperidine rings is 3. The van der Waals surface area contributed by atoms with Crippen molar-refractivity contribution >= 4 is 80.9 Å². The van der Waals surface area contributed by atoms with Crippen LogP contribution in [0.1, 0.15) is 130 Å². The minimum absolute atomic E-state index is 0.00222. The Kier molecular flexibility index (Phi) is 27.3. The molecule has 24 nitrogen and oxygen atoms in total. The molecule has 8 N–H and O–H groups in total. The molecule has 0 radical (unpaired) electrons. The molecule has 0 saturated carbocycles. The van der Waals surface area contributed by atoms with Gasteiger partial charge in [-0.25, -0.2) is 4.98 Å². The zero-order chi connectivity index (χ0) is 83.8. The summed E-state index contributed by atoms with van der Waals surface area (Å²) >= 11 is 0. The third-order valence-corrected chi connectivity index (χ3v) is 24.1. The van der Waals surface area contributed by atoms with Gasteiger partial charge in [0.1, 0.15) is 30.1 Å². The van der Waals surface area contributed by atoms with Gasteiger partial charge in [0.05, 0.1) is 58.5 Å². The van der Waals surface area contributed by atoms with E-state index in [0.29, 0.717) is 104 Å². The van der Waals surface area contributed by atoms with Gasteiger partial charge in [-0.1, -0.05) is 91.0 Å². The summed E-state index contributed by atoms with van der Waals surface area (Å²) < 4.78 is 0. The second-order valence-corrected chi connectivity index (χ2v) is 31.9. The predicted molar refractivity (Wildman–Crippen MR) is 472 cm³/mol. The maximum atomic E-state index is 13.7. The minimum atomic E-state index is -0.584. The van der Waals surface area contributed by atoms with Crippen LogP contribution in [0.25, 0.3) is 0 Å². The Bertz CT molecular complexity index is 5240. The van der Waals surface area contributed by atoms with Gasteiger partial charge < -0.3 is 76.6 Å². The number of nitrogens with two attached hydrogens (primary N) is 2. The third-order valence-electron chi connectivity index (χ3n) is 24.1. The number of primary amides is 2. The van der Waals surface area contributed by atoms with Gasteiger partial charge >= 0.3 is 0 Å². The van der Waals surface area contributed by atoms with E-state index in [4.69, 9.17) is 11.5 Å². The molecule has 6 aliphatic heterocycles. The van der Waals surface area contributed by atoms with Crippen LogP contribution in [0, 0.1) is 75.5 Å². The Morgan fingerprint density at radius 2 is 0.756 bits per heavy atom. The largest absolute Gasteiger partial charge is 0.394 e. The van der Waals surface area contributed by atoms with E-state index < -0.39 is 17.9 Å². The Balaban J connectivity index is 0.000000155. The second-order valence-electron chi connectivity index (χ2n) is 31.9. The first kappa shape index (κ1) is 83.8. The summed E-state index contributed by atoms with van der Waals surface area (Å²) in [4.78, 5) is 88.3. The zero-order valence-electron chi connectivity index (χ0n) is 69.0. The first-order valence-corrected chi connectivity index (χ1v) is 41.5. The lowest BCUT2D eigenvalue weighted by Gasteiger charge is -2.41. The fourth-order valence-corrected chi connectivity index (χ4v) is 17.5. The fourth-order valence-electron chi connectivity index (χ4n) is 17.5. The molecule has 6 saturated heterocycles. The van der Waals surface area contributed by atoms with Gasteiger partial charge in [0, 0.05) is 168 Å². The summed E-state index contributed by atoms with van der Waals surface area (Å²) in [5.41, 5.74) is 29.9. The van der Waals surface area contributed by atoms with Crippen molar-refractivity contribution in [3.63, 3.8) is 0 Å². The van der Waals surface area contributed by atoms with Crippen LogP contribution in [0.3, 0.4) is 0 Å². The van der Waals surface area contributed by atoms with Crippen molar-refractivity contribution in [2.45, 2.75) is 110 Å². The van der Waals surface area contributed by atoms with Gasteiger partial charge in [0.15, 0.2) is 0 Å². The number of anilines is 9. The summed E-state index contributed by atoms with van der Waals surface area (Å²) in [6.07, 6.45) is 7.40. The molecule has 2 atom stereocenters. The number of piperazine rings is 3. The number of hydrogen-bond acceptors (Lipinski definition) is 19. The van der Waals surface area contributed by atoms with Crippen molar-refractivity contribution in [1.29, 1.82) is 15.8 Å². The normalized spacial score (nSPS) is 17.3. The quantitative estimate of drug-likeness (QED) is 0.0465. The lowest BCUT2D eigenvalue weighted by molar-refractivity contribution is -0.120. The standard InChI is InChI=1S/2C32H36N6O2.C31H36N6O2/c1-22-19-23(2)28(35-25-11-13-36(14-12-25)29-9-5-3-7-24(29)21-33)20-27(22)32(40)38-17-15-37(16-18-38)30-10-6-4-8-26(30)31(34)39;1-22-18-23(2)28(35-25-12-14-36(15-13-25)29-11-7-6-8-24(29)20-33)19-27(22)32(40)37-16-17-38(30(21-37)31(34)39)26-9-4-3-5-10-26;1-22-17-23(2)28(34-25-10-13-35(14-11-25)29-8-4-3-7-24(29)19-32)18-27(22)31(39)36-15-16-37(26(20-36)21-38)30-9-5-6-12-33-30/h3-10,19-20,25,35H,11-18H2,1-2H3,(H2,34,39);3-11,18-19,25,30,35H,12-17,21H2,1-2H3,(H2,34,39);3-9,12,17-18,25-26,34,38H,10-11,13-16,20-21H2,1-2H3/t;30-;26-/m.01/s1. The molecule has 24 heteroatoms. The van der Waals surface area contributed by atoms with Crippen LogP contribution in [0.4, 0.5) is 51.3 Å². The average Bonchev–Trinajstić information content (AvgIpc) is 0.794. The highest BCUT2D eigenvalue weighted by Crippen LogP contribution is 2.35. The van der Waals surface area contributed by atoms with Gasteiger partial charge in [-0.15, -0.1) is 0 Å². The van der Waals surface area contributed by atoms with E-state index in [0.717, 1.165) is 168 Å². The number of pyridine rings is 1. The van der Waals surface area contributed by atoms with Crippen molar-refractivity contribution in [3.05, 3.63) is 261 Å². The van der Waals surface area contributed by atoms with Crippen LogP contribution in [-0.4, -0.2) is 196 Å². The first-order chi connectivity index (χ1) is 57.7. The first-order valence-electron chi connectivity index (χ1n) is 41.5. The van der Waals surface area contributed by atoms with E-state index in [9.17, 15) is 44.9 Å². The number of hydrogen-bond donors (Lipinski definition) is 6. The van der Waals surface area contributed by atoms with Crippen LogP contribution >= 0.6 is 0 Å². The molecule has 1 aromatic heterocycles. The van der Waals surface area contributed by atoms with Crippen molar-refractivity contribution in [2.75, 3.05) is 157 Å². The molecule has 6 fully saturated rings. The van der Waals surface area contributed by atoms with E-state index >= 15 is 0 Å². The topological polar surface area (TPSA) is 307 Å². The van der Waals surface area contributed by atoms with Crippen molar-refractivity contribution in [3.8, 4) is 18.2 Å². The molecule has 6 aliphatic rings. The number of benzene rings is 8. The number of nitrogens with one attached hydrogen (secondary N) is 3. The molecular weight excluding hydrogens is 1490 g/mol. The molecule has 8 aromatic carbocycles. The lowest BCUT2D eigenvalue weighted by atomic mass is 9.99. The van der Waals surface area contributed by atoms with Crippen LogP contribution in [-0.2, 0) is 4.79 Å². The highest BCUT2D eigenvalue weighted by molar-refractivity contribution is 6.00. The Morgan fingerprint density at radius 1 is 0.395 bits per heavy atom. The van der Waals surface area contributed by atoms with E-state index in [2.05, 4.69) is 103 Å². The third kappa shape index (κ3) is 19.8. The van der Waals surface area contributed by atoms with Gasteiger partial charge in [-0.05, 0) is 204 Å². The van der Waals surface area contributed by atoms with E-state index in [-0.39, 0.29) is 43.0 Å². The van der Waals surface area contributed by atoms with Crippen molar-refractivity contribution in [1.82, 2.24) is 19.7 Å². The number of aliphatic hydroxyl groups excluding tert-OH is 1. The van der Waals surface area contributed by atoms with Crippen LogP contribution in [0.5, 0.6) is 0 Å². The number of rotatable bonds is 18. The second kappa shape index (κ2) is 38.8. The van der Waals surface area contributed by atoms with Crippen LogP contribution in [0.2, 0.25) is 0 Å². The number of para-hydroxylation sites is 5. The molecule has 5 amide bonds. The zero-order valence-corrected chi connectivity index (χ0v) is 69.0. The van der Waals surface area contributed by atoms with E-state index in [1.165, 1.54) is 0 Å². The number of amides is 5. The molecule has 0 aliphatic carbocycles. The molecule has 15 rings (SSSR count). The fraction of sp³-hybridized carbons (Fsp3) is 0.358. The van der Waals surface area contributed by atoms with Crippen LogP contribution < -0.4 is 56.8 Å². The predicted octanol–water partition coefficient (Wildman–Crippen LogP) is 12.4. The highest BCUT2D eigenvalue weighted by atomic mass is 16.3. The number of carbonyl (C=O) groups is 5.